The van der Waals surface area contributed by atoms with Gasteiger partial charge >= 0.3 is 0 Å². The van der Waals surface area contributed by atoms with Crippen LogP contribution in [0.15, 0.2) is 46.9 Å². The van der Waals surface area contributed by atoms with Gasteiger partial charge in [-0.15, -0.1) is 0 Å². The van der Waals surface area contributed by atoms with Crippen LogP contribution >= 0.6 is 27.5 Å². The number of halogens is 2. The Balaban J connectivity index is 2.32. The summed E-state index contributed by atoms with van der Waals surface area (Å²) in [5.41, 5.74) is 1.56. The zero-order valence-corrected chi connectivity index (χ0v) is 12.8. The van der Waals surface area contributed by atoms with Crippen LogP contribution < -0.4 is 4.74 Å². The third-order valence-electron chi connectivity index (χ3n) is 2.74. The van der Waals surface area contributed by atoms with Crippen LogP contribution in [0.1, 0.15) is 24.2 Å². The molecule has 0 aliphatic carbocycles. The molecule has 2 rings (SSSR count). The van der Waals surface area contributed by atoms with E-state index in [1.165, 1.54) is 0 Å². The molecule has 100 valence electrons. The minimum Gasteiger partial charge on any atom is -0.494 e. The van der Waals surface area contributed by atoms with Crippen molar-refractivity contribution >= 4 is 27.5 Å². The van der Waals surface area contributed by atoms with Gasteiger partial charge in [0.25, 0.3) is 0 Å². The number of aliphatic hydroxyl groups is 1. The summed E-state index contributed by atoms with van der Waals surface area (Å²) in [4.78, 5) is 0. The second-order valence-electron chi connectivity index (χ2n) is 4.07. The first-order chi connectivity index (χ1) is 9.11. The van der Waals surface area contributed by atoms with E-state index < -0.39 is 6.10 Å². The van der Waals surface area contributed by atoms with Crippen molar-refractivity contribution in [1.29, 1.82) is 0 Å². The highest BCUT2D eigenvalue weighted by molar-refractivity contribution is 9.10. The van der Waals surface area contributed by atoms with Gasteiger partial charge in [0, 0.05) is 9.50 Å². The lowest BCUT2D eigenvalue weighted by atomic mass is 10.0. The molecule has 4 heteroatoms. The quantitative estimate of drug-likeness (QED) is 0.882. The van der Waals surface area contributed by atoms with Crippen LogP contribution in [-0.4, -0.2) is 11.7 Å². The summed E-state index contributed by atoms with van der Waals surface area (Å²) in [5, 5.41) is 11.1. The van der Waals surface area contributed by atoms with E-state index in [0.717, 1.165) is 21.3 Å². The van der Waals surface area contributed by atoms with E-state index in [1.807, 2.05) is 37.3 Å². The van der Waals surface area contributed by atoms with Gasteiger partial charge < -0.3 is 9.84 Å². The molecule has 0 saturated heterocycles. The normalized spacial score (nSPS) is 12.2. The van der Waals surface area contributed by atoms with Gasteiger partial charge in [-0.25, -0.2) is 0 Å². The summed E-state index contributed by atoms with van der Waals surface area (Å²) in [6.07, 6.45) is -0.716. The summed E-state index contributed by atoms with van der Waals surface area (Å²) in [6, 6.07) is 12.8. The fourth-order valence-corrected chi connectivity index (χ4v) is 2.74. The van der Waals surface area contributed by atoms with Gasteiger partial charge in [0.05, 0.1) is 6.61 Å². The van der Waals surface area contributed by atoms with Gasteiger partial charge in [0.15, 0.2) is 0 Å². The number of benzene rings is 2. The van der Waals surface area contributed by atoms with Crippen LogP contribution in [0.3, 0.4) is 0 Å². The van der Waals surface area contributed by atoms with E-state index >= 15 is 0 Å². The zero-order chi connectivity index (χ0) is 13.8. The first-order valence-electron chi connectivity index (χ1n) is 5.97. The summed E-state index contributed by atoms with van der Waals surface area (Å²) in [6.45, 7) is 2.53. The Labute approximate surface area is 126 Å². The molecule has 2 aromatic carbocycles. The standard InChI is InChI=1S/C15H14BrClO2/c1-2-19-12-5-3-4-10(8-12)15(18)13-7-6-11(17)9-14(13)16/h3-9,15,18H,2H2,1H3. The number of ether oxygens (including phenoxy) is 1. The molecule has 0 fully saturated rings. The van der Waals surface area contributed by atoms with E-state index in [9.17, 15) is 5.11 Å². The highest BCUT2D eigenvalue weighted by Gasteiger charge is 2.14. The molecule has 0 bridgehead atoms. The van der Waals surface area contributed by atoms with Crippen molar-refractivity contribution in [2.24, 2.45) is 0 Å². The van der Waals surface area contributed by atoms with Crippen molar-refractivity contribution in [2.75, 3.05) is 6.61 Å². The van der Waals surface area contributed by atoms with Gasteiger partial charge in [0.1, 0.15) is 11.9 Å². The van der Waals surface area contributed by atoms with Crippen LogP contribution in [0.4, 0.5) is 0 Å². The maximum absolute atomic E-state index is 10.4. The van der Waals surface area contributed by atoms with Crippen molar-refractivity contribution in [3.63, 3.8) is 0 Å². The Morgan fingerprint density at radius 1 is 1.26 bits per heavy atom. The average Bonchev–Trinajstić information content (AvgIpc) is 2.39. The molecule has 19 heavy (non-hydrogen) atoms. The van der Waals surface area contributed by atoms with Crippen LogP contribution in [-0.2, 0) is 0 Å². The SMILES string of the molecule is CCOc1cccc(C(O)c2ccc(Cl)cc2Br)c1. The summed E-state index contributed by atoms with van der Waals surface area (Å²) < 4.78 is 6.22. The molecule has 0 aliphatic heterocycles. The topological polar surface area (TPSA) is 29.5 Å². The van der Waals surface area contributed by atoms with Crippen LogP contribution in [0.5, 0.6) is 5.75 Å². The number of hydrogen-bond donors (Lipinski definition) is 1. The molecule has 0 aliphatic rings. The predicted octanol–water partition coefficient (Wildman–Crippen LogP) is 4.58. The van der Waals surface area contributed by atoms with Gasteiger partial charge in [-0.1, -0.05) is 45.7 Å². The predicted molar refractivity (Wildman–Crippen MR) is 80.8 cm³/mol. The van der Waals surface area contributed by atoms with Crippen molar-refractivity contribution in [2.45, 2.75) is 13.0 Å². The highest BCUT2D eigenvalue weighted by Crippen LogP contribution is 2.31. The van der Waals surface area contributed by atoms with Crippen molar-refractivity contribution in [1.82, 2.24) is 0 Å². The largest absolute Gasteiger partial charge is 0.494 e. The number of aliphatic hydroxyl groups excluding tert-OH is 1. The molecule has 1 N–H and O–H groups in total. The lowest BCUT2D eigenvalue weighted by molar-refractivity contribution is 0.218. The maximum Gasteiger partial charge on any atom is 0.119 e. The van der Waals surface area contributed by atoms with Crippen molar-refractivity contribution < 1.29 is 9.84 Å². The van der Waals surface area contributed by atoms with Gasteiger partial charge in [-0.05, 0) is 42.3 Å². The summed E-state index contributed by atoms with van der Waals surface area (Å²) >= 11 is 9.32. The third-order valence-corrected chi connectivity index (χ3v) is 3.66. The Morgan fingerprint density at radius 2 is 2.05 bits per heavy atom. The van der Waals surface area contributed by atoms with Crippen molar-refractivity contribution in [3.05, 3.63) is 63.1 Å². The molecule has 0 amide bonds. The number of rotatable bonds is 4. The minimum absolute atomic E-state index is 0.601. The van der Waals surface area contributed by atoms with Gasteiger partial charge in [0.2, 0.25) is 0 Å². The Hall–Kier alpha value is -1.03. The fourth-order valence-electron chi connectivity index (χ4n) is 1.84. The van der Waals surface area contributed by atoms with E-state index in [2.05, 4.69) is 15.9 Å². The van der Waals surface area contributed by atoms with Crippen molar-refractivity contribution in [3.8, 4) is 5.75 Å². The molecule has 0 spiro atoms. The van der Waals surface area contributed by atoms with E-state index in [4.69, 9.17) is 16.3 Å². The van der Waals surface area contributed by atoms with E-state index in [-0.39, 0.29) is 0 Å². The van der Waals surface area contributed by atoms with Crippen LogP contribution in [0, 0.1) is 0 Å². The van der Waals surface area contributed by atoms with E-state index in [0.29, 0.717) is 11.6 Å². The first kappa shape index (κ1) is 14.4. The molecular formula is C15H14BrClO2. The molecule has 0 saturated carbocycles. The molecular weight excluding hydrogens is 328 g/mol. The maximum atomic E-state index is 10.4. The molecule has 1 atom stereocenters. The second kappa shape index (κ2) is 6.42. The Morgan fingerprint density at radius 3 is 2.74 bits per heavy atom. The lowest BCUT2D eigenvalue weighted by Crippen LogP contribution is -2.01. The zero-order valence-electron chi connectivity index (χ0n) is 10.4. The van der Waals surface area contributed by atoms with Gasteiger partial charge in [-0.3, -0.25) is 0 Å². The Kier molecular flexibility index (Phi) is 4.86. The molecule has 0 radical (unpaired) electrons. The smallest absolute Gasteiger partial charge is 0.119 e. The van der Waals surface area contributed by atoms with Crippen LogP contribution in [0.2, 0.25) is 5.02 Å². The summed E-state index contributed by atoms with van der Waals surface area (Å²) in [5.74, 6) is 0.754. The molecule has 2 aromatic rings. The average molecular weight is 342 g/mol. The lowest BCUT2D eigenvalue weighted by Gasteiger charge is -2.14. The monoisotopic (exact) mass is 340 g/mol. The van der Waals surface area contributed by atoms with Crippen LogP contribution in [0.25, 0.3) is 0 Å². The minimum atomic E-state index is -0.716. The molecule has 2 nitrogen and oxygen atoms in total. The molecule has 1 unspecified atom stereocenters. The van der Waals surface area contributed by atoms with E-state index in [1.54, 1.807) is 12.1 Å². The molecule has 0 aromatic heterocycles. The molecule has 0 heterocycles. The highest BCUT2D eigenvalue weighted by atomic mass is 79.9. The first-order valence-corrected chi connectivity index (χ1v) is 7.14. The van der Waals surface area contributed by atoms with Gasteiger partial charge in [-0.2, -0.15) is 0 Å². The fraction of sp³-hybridized carbons (Fsp3) is 0.200. The Bertz CT molecular complexity index is 572. The second-order valence-corrected chi connectivity index (χ2v) is 5.36. The third kappa shape index (κ3) is 3.50. The summed E-state index contributed by atoms with van der Waals surface area (Å²) in [7, 11) is 0. The number of hydrogen-bond acceptors (Lipinski definition) is 2.